The summed E-state index contributed by atoms with van der Waals surface area (Å²) in [4.78, 5) is 25.7. The van der Waals surface area contributed by atoms with E-state index in [4.69, 9.17) is 28.3 Å². The van der Waals surface area contributed by atoms with Gasteiger partial charge in [0.25, 0.3) is 5.91 Å². The normalized spacial score (nSPS) is 14.4. The monoisotopic (exact) mass is 427 g/mol. The molecule has 0 saturated heterocycles. The molecule has 0 atom stereocenters. The Balaban J connectivity index is 1.89. The summed E-state index contributed by atoms with van der Waals surface area (Å²) in [6.45, 7) is 0. The lowest BCUT2D eigenvalue weighted by molar-refractivity contribution is -0.112. The molecule has 0 radical (unpaired) electrons. The van der Waals surface area contributed by atoms with Crippen molar-refractivity contribution in [3.8, 4) is 0 Å². The van der Waals surface area contributed by atoms with Crippen LogP contribution in [0.4, 0.5) is 15.8 Å². The molecule has 7 heteroatoms. The maximum Gasteiger partial charge on any atom is 0.335 e. The molecule has 0 aliphatic carbocycles. The van der Waals surface area contributed by atoms with Crippen LogP contribution >= 0.6 is 23.2 Å². The first-order valence-corrected chi connectivity index (χ1v) is 9.26. The smallest absolute Gasteiger partial charge is 0.335 e. The summed E-state index contributed by atoms with van der Waals surface area (Å²) in [5, 5.41) is 9.75. The Morgan fingerprint density at radius 2 is 1.59 bits per heavy atom. The van der Waals surface area contributed by atoms with Crippen molar-refractivity contribution in [3.63, 3.8) is 0 Å². The number of carboxylic acid groups (broad SMARTS) is 1. The summed E-state index contributed by atoms with van der Waals surface area (Å²) >= 11 is 12.4. The van der Waals surface area contributed by atoms with Crippen LogP contribution in [0, 0.1) is 5.82 Å². The van der Waals surface area contributed by atoms with E-state index in [9.17, 15) is 14.0 Å². The molecule has 0 spiro atoms. The summed E-state index contributed by atoms with van der Waals surface area (Å²) in [5.41, 5.74) is 1.51. The molecule has 0 bridgehead atoms. The molecule has 0 unspecified atom stereocenters. The van der Waals surface area contributed by atoms with Gasteiger partial charge in [-0.15, -0.1) is 0 Å². The van der Waals surface area contributed by atoms with Crippen LogP contribution in [0.1, 0.15) is 21.5 Å². The molecule has 0 fully saturated rings. The van der Waals surface area contributed by atoms with Crippen molar-refractivity contribution < 1.29 is 19.1 Å². The predicted molar refractivity (Wildman–Crippen MR) is 111 cm³/mol. The van der Waals surface area contributed by atoms with Crippen LogP contribution in [0.5, 0.6) is 0 Å². The maximum atomic E-state index is 14.7. The number of amides is 1. The van der Waals surface area contributed by atoms with E-state index in [1.165, 1.54) is 47.4 Å². The third-order valence-corrected chi connectivity index (χ3v) is 5.26. The number of fused-ring (bicyclic) bond motifs is 1. The SMILES string of the molecule is O=C(O)c1ccc(N2C(=O)/C(=C/c3c(Cl)cccc3Cl)c3c(F)cccc32)cc1. The number of rotatable bonds is 3. The van der Waals surface area contributed by atoms with Gasteiger partial charge in [0.1, 0.15) is 5.82 Å². The van der Waals surface area contributed by atoms with Crippen LogP contribution in [0.15, 0.2) is 60.7 Å². The van der Waals surface area contributed by atoms with Crippen molar-refractivity contribution >= 4 is 58.1 Å². The topological polar surface area (TPSA) is 57.6 Å². The number of carbonyl (C=O) groups excluding carboxylic acids is 1. The van der Waals surface area contributed by atoms with E-state index in [-0.39, 0.29) is 16.7 Å². The van der Waals surface area contributed by atoms with E-state index in [1.54, 1.807) is 24.3 Å². The van der Waals surface area contributed by atoms with E-state index in [0.29, 0.717) is 27.0 Å². The van der Waals surface area contributed by atoms with Crippen LogP contribution in [0.2, 0.25) is 10.0 Å². The van der Waals surface area contributed by atoms with Crippen LogP contribution in [0.25, 0.3) is 11.6 Å². The summed E-state index contributed by atoms with van der Waals surface area (Å²) in [7, 11) is 0. The highest BCUT2D eigenvalue weighted by molar-refractivity contribution is 6.41. The maximum absolute atomic E-state index is 14.7. The molecular formula is C22H12Cl2FNO3. The van der Waals surface area contributed by atoms with Crippen molar-refractivity contribution in [1.82, 2.24) is 0 Å². The van der Waals surface area contributed by atoms with Crippen LogP contribution < -0.4 is 4.90 Å². The quantitative estimate of drug-likeness (QED) is 0.517. The average Bonchev–Trinajstić information content (AvgIpc) is 2.97. The number of aromatic carboxylic acids is 1. The molecule has 0 aromatic heterocycles. The van der Waals surface area contributed by atoms with Crippen molar-refractivity contribution in [1.29, 1.82) is 0 Å². The molecule has 1 N–H and O–H groups in total. The first-order valence-electron chi connectivity index (χ1n) is 8.51. The second-order valence-corrected chi connectivity index (χ2v) is 7.13. The molecule has 3 aromatic rings. The van der Waals surface area contributed by atoms with Crippen molar-refractivity contribution in [3.05, 3.63) is 93.2 Å². The van der Waals surface area contributed by atoms with Gasteiger partial charge < -0.3 is 5.11 Å². The molecule has 29 heavy (non-hydrogen) atoms. The third kappa shape index (κ3) is 3.28. The van der Waals surface area contributed by atoms with Gasteiger partial charge in [0.05, 0.1) is 16.8 Å². The molecule has 1 aliphatic heterocycles. The van der Waals surface area contributed by atoms with E-state index in [2.05, 4.69) is 0 Å². The van der Waals surface area contributed by atoms with Gasteiger partial charge in [0.2, 0.25) is 0 Å². The lowest BCUT2D eigenvalue weighted by atomic mass is 10.0. The number of hydrogen-bond donors (Lipinski definition) is 1. The number of benzene rings is 3. The number of anilines is 2. The lowest BCUT2D eigenvalue weighted by Gasteiger charge is -2.17. The Morgan fingerprint density at radius 1 is 0.966 bits per heavy atom. The molecule has 1 aliphatic rings. The zero-order valence-electron chi connectivity index (χ0n) is 14.7. The Labute approximate surface area is 175 Å². The average molecular weight is 428 g/mol. The minimum Gasteiger partial charge on any atom is -0.478 e. The Hall–Kier alpha value is -3.15. The molecule has 144 valence electrons. The third-order valence-electron chi connectivity index (χ3n) is 4.60. The number of carbonyl (C=O) groups is 2. The van der Waals surface area contributed by atoms with Crippen LogP contribution in [-0.4, -0.2) is 17.0 Å². The van der Waals surface area contributed by atoms with E-state index in [1.807, 2.05) is 0 Å². The van der Waals surface area contributed by atoms with Gasteiger partial charge in [-0.25, -0.2) is 9.18 Å². The van der Waals surface area contributed by atoms with Gasteiger partial charge in [-0.1, -0.05) is 35.3 Å². The fourth-order valence-corrected chi connectivity index (χ4v) is 3.75. The number of hydrogen-bond acceptors (Lipinski definition) is 2. The summed E-state index contributed by atoms with van der Waals surface area (Å²) in [5.74, 6) is -2.11. The summed E-state index contributed by atoms with van der Waals surface area (Å²) in [6, 6.07) is 15.1. The van der Waals surface area contributed by atoms with Crippen LogP contribution in [0.3, 0.4) is 0 Å². The molecular weight excluding hydrogens is 416 g/mol. The Morgan fingerprint density at radius 3 is 2.21 bits per heavy atom. The van der Waals surface area contributed by atoms with Gasteiger partial charge in [-0.2, -0.15) is 0 Å². The first-order chi connectivity index (χ1) is 13.9. The molecule has 1 amide bonds. The van der Waals surface area contributed by atoms with Gasteiger partial charge in [0.15, 0.2) is 0 Å². The minimum absolute atomic E-state index is 0.0819. The van der Waals surface area contributed by atoms with Crippen molar-refractivity contribution in [2.45, 2.75) is 0 Å². The van der Waals surface area contributed by atoms with Gasteiger partial charge >= 0.3 is 5.97 Å². The van der Waals surface area contributed by atoms with E-state index in [0.717, 1.165) is 0 Å². The van der Waals surface area contributed by atoms with E-state index < -0.39 is 17.7 Å². The van der Waals surface area contributed by atoms with Gasteiger partial charge in [-0.05, 0) is 54.6 Å². The largest absolute Gasteiger partial charge is 0.478 e. The zero-order valence-corrected chi connectivity index (χ0v) is 16.2. The lowest BCUT2D eigenvalue weighted by Crippen LogP contribution is -2.20. The standard InChI is InChI=1S/C22H12Cl2FNO3/c23-16-3-1-4-17(24)14(16)11-15-20-18(25)5-2-6-19(20)26(21(15)27)13-9-7-12(8-10-13)22(28)29/h1-11H,(H,28,29)/b15-11+. The highest BCUT2D eigenvalue weighted by Crippen LogP contribution is 2.44. The molecule has 3 aromatic carbocycles. The Kier molecular flexibility index (Phi) is 4.86. The first kappa shape index (κ1) is 19.2. The molecule has 0 saturated carbocycles. The molecule has 4 rings (SSSR count). The van der Waals surface area contributed by atoms with Gasteiger partial charge in [0, 0.05) is 26.9 Å². The molecule has 4 nitrogen and oxygen atoms in total. The minimum atomic E-state index is -1.08. The summed E-state index contributed by atoms with van der Waals surface area (Å²) in [6.07, 6.45) is 1.47. The van der Waals surface area contributed by atoms with Crippen LogP contribution in [-0.2, 0) is 4.79 Å². The van der Waals surface area contributed by atoms with Crippen molar-refractivity contribution in [2.75, 3.05) is 4.90 Å². The van der Waals surface area contributed by atoms with Crippen molar-refractivity contribution in [2.24, 2.45) is 0 Å². The fourth-order valence-electron chi connectivity index (χ4n) is 3.24. The second-order valence-electron chi connectivity index (χ2n) is 6.32. The van der Waals surface area contributed by atoms with E-state index >= 15 is 0 Å². The Bertz CT molecular complexity index is 1170. The summed E-state index contributed by atoms with van der Waals surface area (Å²) < 4.78 is 14.7. The second kappa shape index (κ2) is 7.35. The predicted octanol–water partition coefficient (Wildman–Crippen LogP) is 6.05. The number of nitrogens with zero attached hydrogens (tertiary/aromatic N) is 1. The number of halogens is 3. The highest BCUT2D eigenvalue weighted by Gasteiger charge is 2.36. The fraction of sp³-hybridized carbons (Fsp3) is 0. The highest BCUT2D eigenvalue weighted by atomic mass is 35.5. The molecule has 1 heterocycles. The number of carboxylic acids is 1. The van der Waals surface area contributed by atoms with Gasteiger partial charge in [-0.3, -0.25) is 9.69 Å². The zero-order chi connectivity index (χ0) is 20.7.